The van der Waals surface area contributed by atoms with Crippen molar-refractivity contribution in [3.8, 4) is 0 Å². The first-order valence-corrected chi connectivity index (χ1v) is 18.6. The van der Waals surface area contributed by atoms with Gasteiger partial charge in [0.25, 0.3) is 0 Å². The normalized spacial score (nSPS) is 22.6. The summed E-state index contributed by atoms with van der Waals surface area (Å²) in [7, 11) is 0. The van der Waals surface area contributed by atoms with Crippen molar-refractivity contribution in [2.24, 2.45) is 34.5 Å². The average molecular weight is 746 g/mol. The van der Waals surface area contributed by atoms with E-state index in [2.05, 4.69) is 17.2 Å². The van der Waals surface area contributed by atoms with E-state index in [9.17, 15) is 41.9 Å². The van der Waals surface area contributed by atoms with E-state index in [0.717, 1.165) is 31.2 Å². The van der Waals surface area contributed by atoms with Crippen LogP contribution in [-0.4, -0.2) is 71.0 Å². The molecular weight excluding hydrogens is 691 g/mol. The summed E-state index contributed by atoms with van der Waals surface area (Å²) in [6.45, 7) is 12.9. The molecule has 3 amide bonds. The van der Waals surface area contributed by atoms with Crippen LogP contribution in [0.5, 0.6) is 0 Å². The number of amides is 3. The second-order valence-corrected chi connectivity index (χ2v) is 16.6. The summed E-state index contributed by atoms with van der Waals surface area (Å²) in [6, 6.07) is 5.23. The quantitative estimate of drug-likeness (QED) is 0.105. The summed E-state index contributed by atoms with van der Waals surface area (Å²) >= 11 is 0. The van der Waals surface area contributed by atoms with E-state index in [0.29, 0.717) is 0 Å². The number of Topliss-reactive ketones (excluding diaryl/α,β-unsaturated/α-hetero) is 3. The molecule has 6 atom stereocenters. The van der Waals surface area contributed by atoms with Crippen LogP contribution < -0.4 is 10.6 Å². The Morgan fingerprint density at radius 3 is 2.25 bits per heavy atom. The van der Waals surface area contributed by atoms with Gasteiger partial charge in [-0.1, -0.05) is 83.9 Å². The molecule has 1 saturated heterocycles. The number of carbonyl (C=O) groups excluding carboxylic acids is 6. The fourth-order valence-corrected chi connectivity index (χ4v) is 8.10. The van der Waals surface area contributed by atoms with E-state index < -0.39 is 90.2 Å². The Kier molecular flexibility index (Phi) is 13.4. The zero-order valence-corrected chi connectivity index (χ0v) is 31.4. The highest BCUT2D eigenvalue weighted by atomic mass is 19.4. The highest BCUT2D eigenvalue weighted by Gasteiger charge is 2.69. The summed E-state index contributed by atoms with van der Waals surface area (Å²) in [6.07, 6.45) is -2.71. The molecule has 53 heavy (non-hydrogen) atoms. The Hall–Kier alpha value is -4.03. The highest BCUT2D eigenvalue weighted by molar-refractivity contribution is 6.38. The lowest BCUT2D eigenvalue weighted by molar-refractivity contribution is -0.149. The van der Waals surface area contributed by atoms with Crippen LogP contribution in [0.3, 0.4) is 0 Å². The van der Waals surface area contributed by atoms with Gasteiger partial charge < -0.3 is 20.3 Å². The Labute approximate surface area is 310 Å². The number of nitrogens with zero attached hydrogens (tertiary/aromatic N) is 1. The van der Waals surface area contributed by atoms with Crippen LogP contribution in [0.4, 0.5) is 18.0 Å². The van der Waals surface area contributed by atoms with Crippen molar-refractivity contribution in [2.45, 2.75) is 123 Å². The Bertz CT molecular complexity index is 1530. The average Bonchev–Trinajstić information content (AvgIpc) is 3.53. The lowest BCUT2D eigenvalue weighted by atomic mass is 9.83. The van der Waals surface area contributed by atoms with Crippen LogP contribution >= 0.6 is 0 Å². The number of likely N-dealkylation sites (tertiary alicyclic amines) is 1. The number of carbonyl (C=O) groups is 6. The molecule has 10 nitrogen and oxygen atoms in total. The molecule has 1 aliphatic heterocycles. The number of fused-ring (bicyclic) bond motifs is 1. The van der Waals surface area contributed by atoms with Crippen molar-refractivity contribution in [1.82, 2.24) is 15.5 Å². The third-order valence-corrected chi connectivity index (χ3v) is 11.3. The van der Waals surface area contributed by atoms with Gasteiger partial charge in [-0.05, 0) is 59.8 Å². The number of benzene rings is 1. The van der Waals surface area contributed by atoms with Crippen LogP contribution in [0.25, 0.3) is 0 Å². The number of piperidine rings is 1. The minimum Gasteiger partial charge on any atom is -0.459 e. The van der Waals surface area contributed by atoms with Gasteiger partial charge in [0.15, 0.2) is 11.6 Å². The van der Waals surface area contributed by atoms with E-state index >= 15 is 0 Å². The summed E-state index contributed by atoms with van der Waals surface area (Å²) in [5.74, 6) is -5.66. The van der Waals surface area contributed by atoms with Crippen molar-refractivity contribution in [3.63, 3.8) is 0 Å². The molecule has 0 radical (unpaired) electrons. The molecule has 1 aromatic rings. The summed E-state index contributed by atoms with van der Waals surface area (Å²) in [5.41, 5.74) is -0.428. The molecule has 1 unspecified atom stereocenters. The lowest BCUT2D eigenvalue weighted by Gasteiger charge is -2.38. The number of rotatable bonds is 17. The Morgan fingerprint density at radius 1 is 1.02 bits per heavy atom. The number of hydrogen-bond acceptors (Lipinski definition) is 7. The van der Waals surface area contributed by atoms with E-state index in [1.54, 1.807) is 20.8 Å². The first kappa shape index (κ1) is 41.7. The maximum atomic E-state index is 14.4. The molecule has 4 rings (SSSR count). The molecule has 0 aromatic heterocycles. The highest BCUT2D eigenvalue weighted by Crippen LogP contribution is 2.65. The smallest absolute Gasteiger partial charge is 0.389 e. The topological polar surface area (TPSA) is 139 Å². The third kappa shape index (κ3) is 10.6. The molecule has 13 heteroatoms. The molecule has 3 aliphatic rings. The first-order valence-electron chi connectivity index (χ1n) is 18.6. The van der Waals surface area contributed by atoms with Gasteiger partial charge >= 0.3 is 18.2 Å². The number of halogens is 3. The van der Waals surface area contributed by atoms with Crippen molar-refractivity contribution in [1.29, 1.82) is 0 Å². The molecule has 292 valence electrons. The monoisotopic (exact) mass is 745 g/mol. The second-order valence-electron chi connectivity index (χ2n) is 16.6. The summed E-state index contributed by atoms with van der Waals surface area (Å²) < 4.78 is 45.4. The molecule has 2 N–H and O–H groups in total. The zero-order chi connectivity index (χ0) is 39.3. The van der Waals surface area contributed by atoms with Gasteiger partial charge in [0.1, 0.15) is 18.7 Å². The van der Waals surface area contributed by atoms with E-state index in [-0.39, 0.29) is 49.2 Å². The van der Waals surface area contributed by atoms with Crippen LogP contribution in [-0.2, 0) is 35.3 Å². The maximum Gasteiger partial charge on any atom is 0.389 e. The Morgan fingerprint density at radius 2 is 1.66 bits per heavy atom. The zero-order valence-electron chi connectivity index (χ0n) is 31.4. The van der Waals surface area contributed by atoms with Gasteiger partial charge in [-0.3, -0.25) is 19.2 Å². The molecule has 2 aliphatic carbocycles. The van der Waals surface area contributed by atoms with Gasteiger partial charge in [0.05, 0.1) is 6.04 Å². The van der Waals surface area contributed by atoms with E-state index in [4.69, 9.17) is 4.74 Å². The lowest BCUT2D eigenvalue weighted by Crippen LogP contribution is -2.61. The standard InChI is InChI=1S/C40H54F3N3O7/c1-7-8-18-28(47)33(49)26(19-20-40(41,42)43)21-29(48)32-30-27(39(30,5)6)22-46(32)35(50)34(38(2,3)4)45-37(52)44-31(25-16-12-13-17-25)36(51)53-23-24-14-10-9-11-15-24/h7,9-11,14-15,25-27,30-32,34H,1,8,12-13,16-23H2,2-6H3,(H2,44,45,52)/t26?,27-,30-,31-,32+,34+/m0/s1. The molecule has 1 heterocycles. The van der Waals surface area contributed by atoms with Gasteiger partial charge in [-0.15, -0.1) is 6.58 Å². The number of esters is 1. The molecule has 0 spiro atoms. The van der Waals surface area contributed by atoms with Crippen molar-refractivity contribution >= 4 is 35.3 Å². The third-order valence-electron chi connectivity index (χ3n) is 11.3. The van der Waals surface area contributed by atoms with Gasteiger partial charge in [-0.2, -0.15) is 13.2 Å². The number of hydrogen-bond donors (Lipinski definition) is 2. The van der Waals surface area contributed by atoms with Gasteiger partial charge in [0, 0.05) is 31.7 Å². The number of allylic oxidation sites excluding steroid dienone is 1. The minimum atomic E-state index is -4.60. The van der Waals surface area contributed by atoms with E-state index in [1.807, 2.05) is 44.2 Å². The number of urea groups is 1. The fraction of sp³-hybridized carbons (Fsp3) is 0.650. The minimum absolute atomic E-state index is 0.0317. The first-order chi connectivity index (χ1) is 24.8. The van der Waals surface area contributed by atoms with Crippen LogP contribution in [0.1, 0.15) is 98.0 Å². The Balaban J connectivity index is 1.52. The SMILES string of the molecule is C=CCCC(=O)C(=O)C(CCC(F)(F)F)CC(=O)[C@@H]1[C@@H]2[C@H](CN1C(=O)[C@@H](NC(=O)N[C@H](C(=O)OCc1ccccc1)C1CCCC1)C(C)(C)C)C2(C)C. The van der Waals surface area contributed by atoms with E-state index in [1.165, 1.54) is 11.0 Å². The van der Waals surface area contributed by atoms with Gasteiger partial charge in [0.2, 0.25) is 11.7 Å². The largest absolute Gasteiger partial charge is 0.459 e. The van der Waals surface area contributed by atoms with Crippen LogP contribution in [0.2, 0.25) is 0 Å². The predicted octanol–water partition coefficient (Wildman–Crippen LogP) is 6.51. The van der Waals surface area contributed by atoms with Crippen LogP contribution in [0, 0.1) is 34.5 Å². The molecule has 0 bridgehead atoms. The molecule has 2 saturated carbocycles. The molecular formula is C40H54F3N3O7. The molecule has 3 fully saturated rings. The fourth-order valence-electron chi connectivity index (χ4n) is 8.10. The number of nitrogens with one attached hydrogen (secondary N) is 2. The van der Waals surface area contributed by atoms with Crippen molar-refractivity contribution in [3.05, 3.63) is 48.6 Å². The van der Waals surface area contributed by atoms with Crippen LogP contribution in [0.15, 0.2) is 43.0 Å². The summed E-state index contributed by atoms with van der Waals surface area (Å²) in [5, 5.41) is 5.53. The molecule has 1 aromatic carbocycles. The second kappa shape index (κ2) is 17.0. The predicted molar refractivity (Wildman–Crippen MR) is 191 cm³/mol. The number of ketones is 3. The number of ether oxygens (including phenoxy) is 1. The van der Waals surface area contributed by atoms with Crippen molar-refractivity contribution in [2.75, 3.05) is 6.54 Å². The summed E-state index contributed by atoms with van der Waals surface area (Å²) in [4.78, 5) is 82.5. The van der Waals surface area contributed by atoms with Gasteiger partial charge in [-0.25, -0.2) is 9.59 Å². The maximum absolute atomic E-state index is 14.4. The number of alkyl halides is 3. The van der Waals surface area contributed by atoms with Crippen molar-refractivity contribution < 1.29 is 46.7 Å².